The van der Waals surface area contributed by atoms with E-state index < -0.39 is 12.0 Å². The van der Waals surface area contributed by atoms with Gasteiger partial charge in [0.2, 0.25) is 0 Å². The van der Waals surface area contributed by atoms with Gasteiger partial charge in [-0.1, -0.05) is 0 Å². The number of hydrogen-bond donors (Lipinski definition) is 2. The van der Waals surface area contributed by atoms with Crippen LogP contribution in [0.3, 0.4) is 0 Å². The first kappa shape index (κ1) is 15.0. The molecule has 2 rings (SSSR count). The number of amides is 2. The molecule has 0 radical (unpaired) electrons. The van der Waals surface area contributed by atoms with Gasteiger partial charge in [0, 0.05) is 26.2 Å². The number of carbonyl (C=O) groups excluding carboxylic acids is 1. The van der Waals surface area contributed by atoms with Gasteiger partial charge in [0.25, 0.3) is 0 Å². The number of hydrogen-bond acceptors (Lipinski definition) is 5. The van der Waals surface area contributed by atoms with Gasteiger partial charge in [-0.3, -0.25) is 0 Å². The standard InChI is InChI=1S/C12H21N3O5/c1-14-2-5-20-9(7-14)6-13-12(18)15-3-4-19-8-10(15)11(16)17/h9-10H,2-8H2,1H3,(H,13,18)(H,16,17). The van der Waals surface area contributed by atoms with E-state index in [1.165, 1.54) is 4.90 Å². The highest BCUT2D eigenvalue weighted by Crippen LogP contribution is 2.08. The van der Waals surface area contributed by atoms with Gasteiger partial charge in [0.1, 0.15) is 0 Å². The predicted octanol–water partition coefficient (Wildman–Crippen LogP) is -1.19. The predicted molar refractivity (Wildman–Crippen MR) is 69.6 cm³/mol. The van der Waals surface area contributed by atoms with Crippen LogP contribution < -0.4 is 5.32 Å². The highest BCUT2D eigenvalue weighted by molar-refractivity contribution is 5.83. The van der Waals surface area contributed by atoms with Gasteiger partial charge in [-0.25, -0.2) is 9.59 Å². The number of carboxylic acid groups (broad SMARTS) is 1. The van der Waals surface area contributed by atoms with Crippen LogP contribution in [0.15, 0.2) is 0 Å². The van der Waals surface area contributed by atoms with Gasteiger partial charge in [-0.2, -0.15) is 0 Å². The highest BCUT2D eigenvalue weighted by Gasteiger charge is 2.33. The van der Waals surface area contributed by atoms with Crippen molar-refractivity contribution in [2.24, 2.45) is 0 Å². The molecule has 0 aromatic carbocycles. The minimum absolute atomic E-state index is 0.0332. The maximum absolute atomic E-state index is 12.1. The minimum atomic E-state index is -1.05. The van der Waals surface area contributed by atoms with Crippen molar-refractivity contribution < 1.29 is 24.2 Å². The van der Waals surface area contributed by atoms with E-state index in [-0.39, 0.29) is 25.3 Å². The van der Waals surface area contributed by atoms with Gasteiger partial charge in [-0.15, -0.1) is 0 Å². The minimum Gasteiger partial charge on any atom is -0.480 e. The summed E-state index contributed by atoms with van der Waals surface area (Å²) in [6.45, 7) is 3.35. The third-order valence-corrected chi connectivity index (χ3v) is 3.50. The Morgan fingerprint density at radius 1 is 1.35 bits per heavy atom. The molecule has 0 bridgehead atoms. The maximum atomic E-state index is 12.1. The SMILES string of the molecule is CN1CCOC(CNC(=O)N2CCOCC2C(=O)O)C1. The van der Waals surface area contributed by atoms with Gasteiger partial charge in [-0.05, 0) is 7.05 Å². The van der Waals surface area contributed by atoms with Crippen molar-refractivity contribution in [3.63, 3.8) is 0 Å². The summed E-state index contributed by atoms with van der Waals surface area (Å²) < 4.78 is 10.6. The Bertz CT molecular complexity index is 365. The molecule has 0 saturated carbocycles. The summed E-state index contributed by atoms with van der Waals surface area (Å²) in [5.74, 6) is -1.05. The molecule has 2 N–H and O–H groups in total. The Kier molecular flexibility index (Phi) is 5.16. The van der Waals surface area contributed by atoms with Crippen molar-refractivity contribution in [3.05, 3.63) is 0 Å². The lowest BCUT2D eigenvalue weighted by Crippen LogP contribution is -2.57. The molecule has 2 atom stereocenters. The van der Waals surface area contributed by atoms with E-state index >= 15 is 0 Å². The topological polar surface area (TPSA) is 91.3 Å². The van der Waals surface area contributed by atoms with Crippen molar-refractivity contribution >= 4 is 12.0 Å². The molecule has 2 aliphatic heterocycles. The summed E-state index contributed by atoms with van der Waals surface area (Å²) in [5.41, 5.74) is 0. The number of morpholine rings is 2. The lowest BCUT2D eigenvalue weighted by molar-refractivity contribution is -0.147. The van der Waals surface area contributed by atoms with Crippen molar-refractivity contribution in [2.75, 3.05) is 53.0 Å². The summed E-state index contributed by atoms with van der Waals surface area (Å²) in [5, 5.41) is 11.8. The molecular weight excluding hydrogens is 266 g/mol. The number of nitrogens with zero attached hydrogens (tertiary/aromatic N) is 2. The van der Waals surface area contributed by atoms with E-state index in [2.05, 4.69) is 10.2 Å². The average Bonchev–Trinajstić information content (AvgIpc) is 2.45. The van der Waals surface area contributed by atoms with Gasteiger partial charge in [0.05, 0.1) is 25.9 Å². The van der Waals surface area contributed by atoms with E-state index in [1.807, 2.05) is 7.05 Å². The smallest absolute Gasteiger partial charge is 0.328 e. The molecule has 0 spiro atoms. The fourth-order valence-electron chi connectivity index (χ4n) is 2.34. The molecule has 2 saturated heterocycles. The second kappa shape index (κ2) is 6.87. The summed E-state index contributed by atoms with van der Waals surface area (Å²) in [6.07, 6.45) is -0.0537. The van der Waals surface area contributed by atoms with Crippen LogP contribution in [0.1, 0.15) is 0 Å². The molecule has 2 amide bonds. The Balaban J connectivity index is 1.82. The average molecular weight is 287 g/mol. The molecule has 114 valence electrons. The third-order valence-electron chi connectivity index (χ3n) is 3.50. The first-order chi connectivity index (χ1) is 9.58. The van der Waals surface area contributed by atoms with E-state index in [0.717, 1.165) is 13.1 Å². The number of carbonyl (C=O) groups is 2. The quantitative estimate of drug-likeness (QED) is 0.678. The fourth-order valence-corrected chi connectivity index (χ4v) is 2.34. The monoisotopic (exact) mass is 287 g/mol. The highest BCUT2D eigenvalue weighted by atomic mass is 16.5. The summed E-state index contributed by atoms with van der Waals surface area (Å²) in [7, 11) is 2.00. The number of nitrogens with one attached hydrogen (secondary N) is 1. The van der Waals surface area contributed by atoms with Crippen LogP contribution >= 0.6 is 0 Å². The van der Waals surface area contributed by atoms with Gasteiger partial charge < -0.3 is 29.7 Å². The number of ether oxygens (including phenoxy) is 2. The number of carboxylic acids is 1. The zero-order valence-electron chi connectivity index (χ0n) is 11.6. The largest absolute Gasteiger partial charge is 0.480 e. The van der Waals surface area contributed by atoms with E-state index in [4.69, 9.17) is 14.6 Å². The zero-order valence-corrected chi connectivity index (χ0v) is 11.6. The van der Waals surface area contributed by atoms with Crippen LogP contribution in [-0.4, -0.2) is 92.1 Å². The third kappa shape index (κ3) is 3.81. The van der Waals surface area contributed by atoms with Crippen molar-refractivity contribution in [3.8, 4) is 0 Å². The van der Waals surface area contributed by atoms with Crippen LogP contribution in [0.5, 0.6) is 0 Å². The van der Waals surface area contributed by atoms with Crippen molar-refractivity contribution in [1.82, 2.24) is 15.1 Å². The van der Waals surface area contributed by atoms with Crippen LogP contribution in [0, 0.1) is 0 Å². The van der Waals surface area contributed by atoms with Crippen LogP contribution in [0.2, 0.25) is 0 Å². The van der Waals surface area contributed by atoms with Crippen LogP contribution in [0.25, 0.3) is 0 Å². The van der Waals surface area contributed by atoms with Gasteiger partial charge in [0.15, 0.2) is 6.04 Å². The van der Waals surface area contributed by atoms with Gasteiger partial charge >= 0.3 is 12.0 Å². The molecule has 2 aliphatic rings. The molecule has 2 heterocycles. The summed E-state index contributed by atoms with van der Waals surface area (Å²) in [4.78, 5) is 26.6. The Morgan fingerprint density at radius 2 is 2.15 bits per heavy atom. The second-order valence-electron chi connectivity index (χ2n) is 5.06. The number of aliphatic carboxylic acids is 1. The number of urea groups is 1. The normalized spacial score (nSPS) is 28.1. The molecule has 0 aromatic rings. The zero-order chi connectivity index (χ0) is 14.5. The van der Waals surface area contributed by atoms with E-state index in [1.54, 1.807) is 0 Å². The molecule has 8 nitrogen and oxygen atoms in total. The lowest BCUT2D eigenvalue weighted by atomic mass is 10.2. The van der Waals surface area contributed by atoms with E-state index in [0.29, 0.717) is 19.8 Å². The fraction of sp³-hybridized carbons (Fsp3) is 0.833. The summed E-state index contributed by atoms with van der Waals surface area (Å²) in [6, 6.07) is -1.30. The lowest BCUT2D eigenvalue weighted by Gasteiger charge is -2.34. The Morgan fingerprint density at radius 3 is 2.85 bits per heavy atom. The Labute approximate surface area is 117 Å². The first-order valence-corrected chi connectivity index (χ1v) is 6.73. The van der Waals surface area contributed by atoms with E-state index in [9.17, 15) is 9.59 Å². The van der Waals surface area contributed by atoms with Crippen molar-refractivity contribution in [1.29, 1.82) is 0 Å². The van der Waals surface area contributed by atoms with Crippen molar-refractivity contribution in [2.45, 2.75) is 12.1 Å². The molecule has 2 unspecified atom stereocenters. The van der Waals surface area contributed by atoms with Crippen LogP contribution in [-0.2, 0) is 14.3 Å². The number of likely N-dealkylation sites (N-methyl/N-ethyl adjacent to an activating group) is 1. The first-order valence-electron chi connectivity index (χ1n) is 6.73. The maximum Gasteiger partial charge on any atom is 0.328 e. The molecular formula is C12H21N3O5. The molecule has 0 aromatic heterocycles. The summed E-state index contributed by atoms with van der Waals surface area (Å²) >= 11 is 0. The second-order valence-corrected chi connectivity index (χ2v) is 5.06. The molecule has 8 heteroatoms. The van der Waals surface area contributed by atoms with Crippen LogP contribution in [0.4, 0.5) is 4.79 Å². The number of rotatable bonds is 3. The molecule has 20 heavy (non-hydrogen) atoms. The molecule has 0 aliphatic carbocycles. The molecule has 2 fully saturated rings. The Hall–Kier alpha value is -1.38.